The van der Waals surface area contributed by atoms with Crippen molar-refractivity contribution in [3.05, 3.63) is 47.3 Å². The maximum Gasteiger partial charge on any atom is 0.237 e. The van der Waals surface area contributed by atoms with Gasteiger partial charge in [-0.2, -0.15) is 5.10 Å². The Hall–Kier alpha value is -2.14. The number of hydrogen-bond acceptors (Lipinski definition) is 3. The van der Waals surface area contributed by atoms with Crippen LogP contribution in [-0.2, 0) is 4.79 Å². The van der Waals surface area contributed by atoms with Gasteiger partial charge in [0.1, 0.15) is 0 Å². The van der Waals surface area contributed by atoms with Crippen molar-refractivity contribution in [2.75, 3.05) is 0 Å². The van der Waals surface area contributed by atoms with Gasteiger partial charge in [-0.3, -0.25) is 4.79 Å². The third kappa shape index (κ3) is 4.20. The molecule has 1 aromatic carbocycles. The summed E-state index contributed by atoms with van der Waals surface area (Å²) in [6.07, 6.45) is 1.61. The zero-order chi connectivity index (χ0) is 17.0. The van der Waals surface area contributed by atoms with Crippen LogP contribution in [-0.4, -0.2) is 21.7 Å². The average molecular weight is 314 g/mol. The quantitative estimate of drug-likeness (QED) is 0.861. The zero-order valence-corrected chi connectivity index (χ0v) is 14.3. The second-order valence-corrected chi connectivity index (χ2v) is 6.06. The second-order valence-electron chi connectivity index (χ2n) is 6.06. The summed E-state index contributed by atoms with van der Waals surface area (Å²) >= 11 is 0. The van der Waals surface area contributed by atoms with Crippen molar-refractivity contribution in [3.63, 3.8) is 0 Å². The highest BCUT2D eigenvalue weighted by atomic mass is 16.2. The van der Waals surface area contributed by atoms with Gasteiger partial charge in [0.25, 0.3) is 0 Å². The lowest BCUT2D eigenvalue weighted by molar-refractivity contribution is -0.123. The summed E-state index contributed by atoms with van der Waals surface area (Å²) in [6.45, 7) is 8.00. The molecule has 23 heavy (non-hydrogen) atoms. The molecule has 0 bridgehead atoms. The van der Waals surface area contributed by atoms with Crippen LogP contribution in [0.5, 0.6) is 0 Å². The molecular weight excluding hydrogens is 288 g/mol. The van der Waals surface area contributed by atoms with Crippen molar-refractivity contribution < 1.29 is 4.79 Å². The number of hydrogen-bond donors (Lipinski definition) is 2. The van der Waals surface area contributed by atoms with Crippen LogP contribution >= 0.6 is 0 Å². The molecule has 5 nitrogen and oxygen atoms in total. The Morgan fingerprint density at radius 2 is 1.96 bits per heavy atom. The lowest BCUT2D eigenvalue weighted by atomic mass is 10.1. The Morgan fingerprint density at radius 3 is 2.48 bits per heavy atom. The number of carbonyl (C=O) groups excluding carboxylic acids is 1. The molecule has 2 atom stereocenters. The van der Waals surface area contributed by atoms with E-state index in [0.717, 1.165) is 29.1 Å². The summed E-state index contributed by atoms with van der Waals surface area (Å²) in [6, 6.07) is 9.61. The Bertz CT molecular complexity index is 660. The van der Waals surface area contributed by atoms with E-state index in [2.05, 4.69) is 10.4 Å². The van der Waals surface area contributed by atoms with Crippen LogP contribution in [0.2, 0.25) is 0 Å². The van der Waals surface area contributed by atoms with Crippen molar-refractivity contribution in [2.24, 2.45) is 5.73 Å². The average Bonchev–Trinajstić information content (AvgIpc) is 2.86. The van der Waals surface area contributed by atoms with Crippen LogP contribution in [0.25, 0.3) is 5.69 Å². The van der Waals surface area contributed by atoms with Gasteiger partial charge in [0, 0.05) is 5.69 Å². The van der Waals surface area contributed by atoms with Crippen LogP contribution in [0.4, 0.5) is 0 Å². The molecule has 0 spiro atoms. The van der Waals surface area contributed by atoms with Gasteiger partial charge in [0.05, 0.1) is 23.5 Å². The summed E-state index contributed by atoms with van der Waals surface area (Å²) in [4.78, 5) is 12.0. The first-order valence-corrected chi connectivity index (χ1v) is 8.12. The Kier molecular flexibility index (Phi) is 5.55. The van der Waals surface area contributed by atoms with E-state index in [9.17, 15) is 4.79 Å². The SMILES string of the molecule is CCCC(N)C(=O)NC(C)c1ccc(-n2nc(C)cc2C)cc1. The van der Waals surface area contributed by atoms with Crippen molar-refractivity contribution in [3.8, 4) is 5.69 Å². The van der Waals surface area contributed by atoms with E-state index < -0.39 is 6.04 Å². The molecule has 0 radical (unpaired) electrons. The van der Waals surface area contributed by atoms with E-state index in [1.54, 1.807) is 0 Å². The van der Waals surface area contributed by atoms with Gasteiger partial charge in [0.15, 0.2) is 0 Å². The van der Waals surface area contributed by atoms with Gasteiger partial charge < -0.3 is 11.1 Å². The topological polar surface area (TPSA) is 72.9 Å². The molecule has 2 unspecified atom stereocenters. The maximum absolute atomic E-state index is 12.0. The van der Waals surface area contributed by atoms with E-state index in [1.165, 1.54) is 0 Å². The fraction of sp³-hybridized carbons (Fsp3) is 0.444. The summed E-state index contributed by atoms with van der Waals surface area (Å²) in [5.41, 5.74) is 10.0. The van der Waals surface area contributed by atoms with Crippen LogP contribution in [0.15, 0.2) is 30.3 Å². The molecule has 0 saturated heterocycles. The largest absolute Gasteiger partial charge is 0.348 e. The van der Waals surface area contributed by atoms with Crippen molar-refractivity contribution in [1.82, 2.24) is 15.1 Å². The molecular formula is C18H26N4O. The Morgan fingerprint density at radius 1 is 1.30 bits per heavy atom. The van der Waals surface area contributed by atoms with Crippen LogP contribution < -0.4 is 11.1 Å². The van der Waals surface area contributed by atoms with Crippen LogP contribution in [0.3, 0.4) is 0 Å². The van der Waals surface area contributed by atoms with Gasteiger partial charge in [0.2, 0.25) is 5.91 Å². The summed E-state index contributed by atoms with van der Waals surface area (Å²) in [5.74, 6) is -0.0954. The first kappa shape index (κ1) is 17.2. The van der Waals surface area contributed by atoms with Gasteiger partial charge in [-0.25, -0.2) is 4.68 Å². The highest BCUT2D eigenvalue weighted by Crippen LogP contribution is 2.17. The molecule has 1 amide bonds. The van der Waals surface area contributed by atoms with Gasteiger partial charge in [-0.1, -0.05) is 25.5 Å². The van der Waals surface area contributed by atoms with Crippen molar-refractivity contribution >= 4 is 5.91 Å². The third-order valence-corrected chi connectivity index (χ3v) is 3.94. The molecule has 1 aromatic heterocycles. The Balaban J connectivity index is 2.07. The van der Waals surface area contributed by atoms with Gasteiger partial charge in [-0.05, 0) is 51.0 Å². The van der Waals surface area contributed by atoms with Crippen LogP contribution in [0.1, 0.15) is 49.7 Å². The lowest BCUT2D eigenvalue weighted by Crippen LogP contribution is -2.41. The summed E-state index contributed by atoms with van der Waals surface area (Å²) in [7, 11) is 0. The van der Waals surface area contributed by atoms with E-state index in [-0.39, 0.29) is 11.9 Å². The minimum absolute atomic E-state index is 0.0695. The number of aryl methyl sites for hydroxylation is 2. The molecule has 2 aromatic rings. The molecule has 0 fully saturated rings. The normalized spacial score (nSPS) is 13.6. The predicted molar refractivity (Wildman–Crippen MR) is 92.5 cm³/mol. The van der Waals surface area contributed by atoms with E-state index >= 15 is 0 Å². The molecule has 1 heterocycles. The number of benzene rings is 1. The van der Waals surface area contributed by atoms with E-state index in [1.807, 2.05) is 62.7 Å². The molecule has 0 aliphatic carbocycles. The second kappa shape index (κ2) is 7.42. The standard InChI is InChI=1S/C18H26N4O/c1-5-6-17(19)18(23)20-14(4)15-7-9-16(10-8-15)22-13(3)11-12(2)21-22/h7-11,14,17H,5-6,19H2,1-4H3,(H,20,23). The van der Waals surface area contributed by atoms with Gasteiger partial charge in [-0.15, -0.1) is 0 Å². The smallest absolute Gasteiger partial charge is 0.237 e. The fourth-order valence-electron chi connectivity index (χ4n) is 2.64. The monoisotopic (exact) mass is 314 g/mol. The summed E-state index contributed by atoms with van der Waals surface area (Å²) < 4.78 is 1.92. The number of amides is 1. The van der Waals surface area contributed by atoms with Gasteiger partial charge >= 0.3 is 0 Å². The number of nitrogens with one attached hydrogen (secondary N) is 1. The summed E-state index contributed by atoms with van der Waals surface area (Å²) in [5, 5.41) is 7.45. The van der Waals surface area contributed by atoms with E-state index in [0.29, 0.717) is 6.42 Å². The fourth-order valence-corrected chi connectivity index (χ4v) is 2.64. The molecule has 124 valence electrons. The number of nitrogens with zero attached hydrogens (tertiary/aromatic N) is 2. The van der Waals surface area contributed by atoms with E-state index in [4.69, 9.17) is 5.73 Å². The van der Waals surface area contributed by atoms with Crippen LogP contribution in [0, 0.1) is 13.8 Å². The molecule has 0 aliphatic rings. The lowest BCUT2D eigenvalue weighted by Gasteiger charge is -2.18. The molecule has 5 heteroatoms. The minimum atomic E-state index is -0.434. The Labute approximate surface area is 137 Å². The predicted octanol–water partition coefficient (Wildman–Crippen LogP) is 2.79. The number of aromatic nitrogens is 2. The highest BCUT2D eigenvalue weighted by Gasteiger charge is 2.15. The molecule has 0 aliphatic heterocycles. The minimum Gasteiger partial charge on any atom is -0.348 e. The number of rotatable bonds is 6. The molecule has 0 saturated carbocycles. The van der Waals surface area contributed by atoms with Crippen molar-refractivity contribution in [1.29, 1.82) is 0 Å². The number of nitrogens with two attached hydrogens (primary N) is 1. The molecule has 3 N–H and O–H groups in total. The highest BCUT2D eigenvalue weighted by molar-refractivity contribution is 5.81. The third-order valence-electron chi connectivity index (χ3n) is 3.94. The first-order chi connectivity index (χ1) is 10.9. The number of carbonyl (C=O) groups is 1. The van der Waals surface area contributed by atoms with Crippen molar-refractivity contribution in [2.45, 2.75) is 52.6 Å². The first-order valence-electron chi connectivity index (χ1n) is 8.12. The maximum atomic E-state index is 12.0. The molecule has 2 rings (SSSR count). The zero-order valence-electron chi connectivity index (χ0n) is 14.3.